The first kappa shape index (κ1) is 20.6. The summed E-state index contributed by atoms with van der Waals surface area (Å²) in [6, 6.07) is 6.80. The average molecular weight is 364 g/mol. The Morgan fingerprint density at radius 2 is 1.77 bits per heavy atom. The number of nitrogens with one attached hydrogen (secondary N) is 2. The lowest BCUT2D eigenvalue weighted by atomic mass is 10.2. The van der Waals surface area contributed by atoms with Crippen molar-refractivity contribution in [3.05, 3.63) is 35.6 Å². The number of aliphatic imine (C=N–C) groups is 1. The molecular formula is C20H34FN5. The minimum atomic E-state index is -0.199. The van der Waals surface area contributed by atoms with Gasteiger partial charge in [-0.2, -0.15) is 0 Å². The van der Waals surface area contributed by atoms with Crippen LogP contribution >= 0.6 is 0 Å². The SMILES string of the molecule is CCNC(=NCc1ccccc1F)NCCCCN1CCN(CC)CC1. The van der Waals surface area contributed by atoms with Crippen molar-refractivity contribution in [1.29, 1.82) is 0 Å². The molecule has 1 aliphatic rings. The molecule has 1 aliphatic heterocycles. The van der Waals surface area contributed by atoms with E-state index in [2.05, 4.69) is 32.3 Å². The number of hydrogen-bond donors (Lipinski definition) is 2. The van der Waals surface area contributed by atoms with Gasteiger partial charge >= 0.3 is 0 Å². The molecule has 0 unspecified atom stereocenters. The zero-order valence-electron chi connectivity index (χ0n) is 16.3. The van der Waals surface area contributed by atoms with Crippen LogP contribution in [0, 0.1) is 5.82 Å². The van der Waals surface area contributed by atoms with E-state index in [0.717, 1.165) is 32.0 Å². The summed E-state index contributed by atoms with van der Waals surface area (Å²) < 4.78 is 13.7. The number of nitrogens with zero attached hydrogens (tertiary/aromatic N) is 3. The maximum atomic E-state index is 13.7. The molecule has 0 radical (unpaired) electrons. The van der Waals surface area contributed by atoms with Gasteiger partial charge in [-0.3, -0.25) is 0 Å². The van der Waals surface area contributed by atoms with Gasteiger partial charge in [-0.25, -0.2) is 9.38 Å². The summed E-state index contributed by atoms with van der Waals surface area (Å²) in [6.07, 6.45) is 2.30. The van der Waals surface area contributed by atoms with Crippen LogP contribution < -0.4 is 10.6 Å². The van der Waals surface area contributed by atoms with Crippen LogP contribution in [-0.4, -0.2) is 68.1 Å². The van der Waals surface area contributed by atoms with Crippen molar-refractivity contribution in [2.45, 2.75) is 33.2 Å². The second-order valence-electron chi connectivity index (χ2n) is 6.70. The smallest absolute Gasteiger partial charge is 0.191 e. The van der Waals surface area contributed by atoms with Gasteiger partial charge in [-0.05, 0) is 38.9 Å². The predicted octanol–water partition coefficient (Wildman–Crippen LogP) is 2.30. The van der Waals surface area contributed by atoms with Crippen LogP contribution in [0.5, 0.6) is 0 Å². The molecule has 1 heterocycles. The van der Waals surface area contributed by atoms with Gasteiger partial charge in [0.25, 0.3) is 0 Å². The number of guanidine groups is 1. The molecule has 1 aromatic carbocycles. The van der Waals surface area contributed by atoms with Crippen molar-refractivity contribution in [2.75, 3.05) is 52.4 Å². The molecule has 5 nitrogen and oxygen atoms in total. The highest BCUT2D eigenvalue weighted by Gasteiger charge is 2.14. The van der Waals surface area contributed by atoms with Gasteiger partial charge < -0.3 is 20.4 Å². The van der Waals surface area contributed by atoms with Crippen molar-refractivity contribution in [3.8, 4) is 0 Å². The van der Waals surface area contributed by atoms with Crippen molar-refractivity contribution in [3.63, 3.8) is 0 Å². The lowest BCUT2D eigenvalue weighted by Gasteiger charge is -2.34. The first-order chi connectivity index (χ1) is 12.7. The van der Waals surface area contributed by atoms with E-state index >= 15 is 0 Å². The Morgan fingerprint density at radius 1 is 1.04 bits per heavy atom. The molecule has 0 atom stereocenters. The van der Waals surface area contributed by atoms with Crippen molar-refractivity contribution < 1.29 is 4.39 Å². The van der Waals surface area contributed by atoms with E-state index in [-0.39, 0.29) is 5.82 Å². The lowest BCUT2D eigenvalue weighted by Crippen LogP contribution is -2.46. The number of unbranched alkanes of at least 4 members (excludes halogenated alkanes) is 1. The molecule has 146 valence electrons. The maximum Gasteiger partial charge on any atom is 0.191 e. The highest BCUT2D eigenvalue weighted by Crippen LogP contribution is 2.07. The van der Waals surface area contributed by atoms with Gasteiger partial charge in [0.15, 0.2) is 5.96 Å². The lowest BCUT2D eigenvalue weighted by molar-refractivity contribution is 0.136. The highest BCUT2D eigenvalue weighted by molar-refractivity contribution is 5.79. The van der Waals surface area contributed by atoms with Gasteiger partial charge in [0.05, 0.1) is 6.54 Å². The van der Waals surface area contributed by atoms with Crippen molar-refractivity contribution >= 4 is 5.96 Å². The summed E-state index contributed by atoms with van der Waals surface area (Å²) in [5, 5.41) is 6.58. The number of halogens is 1. The Morgan fingerprint density at radius 3 is 2.46 bits per heavy atom. The average Bonchev–Trinajstić information content (AvgIpc) is 2.67. The van der Waals surface area contributed by atoms with E-state index in [0.29, 0.717) is 12.1 Å². The number of hydrogen-bond acceptors (Lipinski definition) is 3. The van der Waals surface area contributed by atoms with Crippen LogP contribution in [0.15, 0.2) is 29.3 Å². The predicted molar refractivity (Wildman–Crippen MR) is 107 cm³/mol. The Bertz CT molecular complexity index is 541. The van der Waals surface area contributed by atoms with Gasteiger partial charge in [-0.1, -0.05) is 25.1 Å². The fraction of sp³-hybridized carbons (Fsp3) is 0.650. The molecule has 26 heavy (non-hydrogen) atoms. The van der Waals surface area contributed by atoms with Crippen LogP contribution in [0.25, 0.3) is 0 Å². The molecule has 2 N–H and O–H groups in total. The van der Waals surface area contributed by atoms with E-state index < -0.39 is 0 Å². The van der Waals surface area contributed by atoms with E-state index in [1.807, 2.05) is 13.0 Å². The second-order valence-corrected chi connectivity index (χ2v) is 6.70. The highest BCUT2D eigenvalue weighted by atomic mass is 19.1. The monoisotopic (exact) mass is 363 g/mol. The van der Waals surface area contributed by atoms with Crippen LogP contribution in [0.4, 0.5) is 4.39 Å². The van der Waals surface area contributed by atoms with E-state index in [1.54, 1.807) is 12.1 Å². The summed E-state index contributed by atoms with van der Waals surface area (Å²) in [4.78, 5) is 9.55. The van der Waals surface area contributed by atoms with E-state index in [1.165, 1.54) is 45.2 Å². The topological polar surface area (TPSA) is 42.9 Å². The minimum Gasteiger partial charge on any atom is -0.357 e. The largest absolute Gasteiger partial charge is 0.357 e. The molecule has 0 bridgehead atoms. The normalized spacial score (nSPS) is 16.7. The Labute approximate surface area is 157 Å². The summed E-state index contributed by atoms with van der Waals surface area (Å²) in [7, 11) is 0. The quantitative estimate of drug-likeness (QED) is 0.401. The van der Waals surface area contributed by atoms with Gasteiger partial charge in [-0.15, -0.1) is 0 Å². The number of rotatable bonds is 9. The fourth-order valence-electron chi connectivity index (χ4n) is 3.13. The Hall–Kier alpha value is -1.66. The zero-order chi connectivity index (χ0) is 18.6. The summed E-state index contributed by atoms with van der Waals surface area (Å²) in [6.45, 7) is 13.4. The maximum absolute atomic E-state index is 13.7. The molecule has 6 heteroatoms. The molecule has 1 fully saturated rings. The van der Waals surface area contributed by atoms with Crippen LogP contribution in [0.2, 0.25) is 0 Å². The fourth-order valence-corrected chi connectivity index (χ4v) is 3.13. The van der Waals surface area contributed by atoms with Crippen LogP contribution in [0.3, 0.4) is 0 Å². The van der Waals surface area contributed by atoms with Crippen molar-refractivity contribution in [2.24, 2.45) is 4.99 Å². The van der Waals surface area contributed by atoms with Crippen LogP contribution in [-0.2, 0) is 6.54 Å². The van der Waals surface area contributed by atoms with E-state index in [4.69, 9.17) is 0 Å². The zero-order valence-corrected chi connectivity index (χ0v) is 16.3. The minimum absolute atomic E-state index is 0.199. The third kappa shape index (κ3) is 7.30. The van der Waals surface area contributed by atoms with Gasteiger partial charge in [0.1, 0.15) is 5.82 Å². The number of piperazine rings is 1. The third-order valence-corrected chi connectivity index (χ3v) is 4.82. The first-order valence-electron chi connectivity index (χ1n) is 9.93. The second kappa shape index (κ2) is 11.9. The standard InChI is InChI=1S/C20H34FN5/c1-3-22-20(24-17-18-9-5-6-10-19(18)21)23-11-7-8-12-26-15-13-25(4-2)14-16-26/h5-6,9-10H,3-4,7-8,11-17H2,1-2H3,(H2,22,23,24). The Kier molecular flexibility index (Phi) is 9.42. The molecule has 0 aromatic heterocycles. The summed E-state index contributed by atoms with van der Waals surface area (Å²) in [5.74, 6) is 0.558. The number of benzene rings is 1. The molecule has 1 saturated heterocycles. The molecule has 0 saturated carbocycles. The van der Waals surface area contributed by atoms with Crippen molar-refractivity contribution in [1.82, 2.24) is 20.4 Å². The van der Waals surface area contributed by atoms with Gasteiger partial charge in [0.2, 0.25) is 0 Å². The first-order valence-corrected chi connectivity index (χ1v) is 9.93. The molecular weight excluding hydrogens is 329 g/mol. The molecule has 0 amide bonds. The third-order valence-electron chi connectivity index (χ3n) is 4.82. The number of likely N-dealkylation sites (N-methyl/N-ethyl adjacent to an activating group) is 1. The molecule has 0 spiro atoms. The summed E-state index contributed by atoms with van der Waals surface area (Å²) >= 11 is 0. The molecule has 1 aromatic rings. The van der Waals surface area contributed by atoms with Gasteiger partial charge in [0, 0.05) is 44.8 Å². The molecule has 2 rings (SSSR count). The Balaban J connectivity index is 1.65. The van der Waals surface area contributed by atoms with E-state index in [9.17, 15) is 4.39 Å². The summed E-state index contributed by atoms with van der Waals surface area (Å²) in [5.41, 5.74) is 0.621. The molecule has 0 aliphatic carbocycles. The van der Waals surface area contributed by atoms with Crippen LogP contribution in [0.1, 0.15) is 32.3 Å².